The maximum absolute atomic E-state index is 12.8. The number of carbonyl (C=O) groups is 1. The molecule has 0 aromatic rings. The second-order valence-electron chi connectivity index (χ2n) is 16.0. The zero-order valence-electron chi connectivity index (χ0n) is 37.3. The number of carbonyl (C=O) groups excluding carboxylic acids is 1. The van der Waals surface area contributed by atoms with Gasteiger partial charge in [-0.3, -0.25) is 9.35 Å². The maximum atomic E-state index is 12.8. The summed E-state index contributed by atoms with van der Waals surface area (Å²) in [6.07, 6.45) is 37.2. The number of aliphatic hydroxyl groups excluding tert-OH is 3. The first-order valence-corrected chi connectivity index (χ1v) is 24.8. The van der Waals surface area contributed by atoms with E-state index < -0.39 is 59.8 Å². The molecule has 1 heterocycles. The van der Waals surface area contributed by atoms with Crippen molar-refractivity contribution in [3.63, 3.8) is 0 Å². The van der Waals surface area contributed by atoms with Crippen LogP contribution < -0.4 is 0 Å². The van der Waals surface area contributed by atoms with Crippen LogP contribution in [0.2, 0.25) is 0 Å². The Morgan fingerprint density at radius 1 is 0.650 bits per heavy atom. The number of ether oxygens (including phenoxy) is 4. The third-order valence-electron chi connectivity index (χ3n) is 10.5. The molecule has 0 aromatic heterocycles. The summed E-state index contributed by atoms with van der Waals surface area (Å²) in [4.78, 5) is 12.8. The van der Waals surface area contributed by atoms with Gasteiger partial charge in [0.2, 0.25) is 0 Å². The fourth-order valence-corrected chi connectivity index (χ4v) is 7.47. The molecule has 13 heteroatoms. The summed E-state index contributed by atoms with van der Waals surface area (Å²) in [5, 5.41) is 30.7. The van der Waals surface area contributed by atoms with Crippen LogP contribution in [0.5, 0.6) is 0 Å². The quantitative estimate of drug-likeness (QED) is 0.0199. The number of esters is 1. The largest absolute Gasteiger partial charge is 0.457 e. The molecule has 12 nitrogen and oxygen atoms in total. The third-order valence-corrected chi connectivity index (χ3v) is 10.9. The van der Waals surface area contributed by atoms with Crippen LogP contribution in [0.15, 0.2) is 48.6 Å². The van der Waals surface area contributed by atoms with E-state index in [0.717, 1.165) is 57.8 Å². The number of hydrogen-bond donors (Lipinski definition) is 4. The van der Waals surface area contributed by atoms with E-state index >= 15 is 0 Å². The summed E-state index contributed by atoms with van der Waals surface area (Å²) in [5.74, 6) is -0.438. The second-order valence-corrected chi connectivity index (χ2v) is 17.0. The van der Waals surface area contributed by atoms with Crippen molar-refractivity contribution >= 4 is 16.4 Å². The van der Waals surface area contributed by atoms with E-state index in [2.05, 4.69) is 66.6 Å². The van der Waals surface area contributed by atoms with E-state index in [-0.39, 0.29) is 19.6 Å². The molecule has 4 N–H and O–H groups in total. The summed E-state index contributed by atoms with van der Waals surface area (Å²) in [6, 6.07) is 0. The van der Waals surface area contributed by atoms with Crippen molar-refractivity contribution in [2.45, 2.75) is 218 Å². The first-order valence-electron chi connectivity index (χ1n) is 23.4. The standard InChI is InChI=1S/C47H84O12S/c1-3-5-7-9-11-13-15-17-19-20-21-23-25-27-29-31-33-35-37-55-39-41(40-56-47-45(51)46(59-60(52,53)54)44(50)42(38-48)58-47)57-43(49)36-34-32-30-28-26-24-22-18-16-14-12-10-8-6-4-2/h6,8,12,14,18,22,26,28,41-42,44-48,50-51H,3-5,7,9-11,13,15-17,19-21,23-25,27,29-40H2,1-2H3,(H,52,53,54)/b8-6-,14-12-,22-18-,28-26-. The molecular formula is C47H84O12S. The van der Waals surface area contributed by atoms with Crippen molar-refractivity contribution in [2.24, 2.45) is 0 Å². The van der Waals surface area contributed by atoms with Crippen LogP contribution in [-0.4, -0.2) is 97.5 Å². The molecule has 6 unspecified atom stereocenters. The van der Waals surface area contributed by atoms with Gasteiger partial charge in [-0.05, 0) is 51.4 Å². The van der Waals surface area contributed by atoms with E-state index in [4.69, 9.17) is 23.5 Å². The lowest BCUT2D eigenvalue weighted by molar-refractivity contribution is -0.301. The zero-order chi connectivity index (χ0) is 43.9. The Morgan fingerprint density at radius 2 is 1.15 bits per heavy atom. The number of hydrogen-bond acceptors (Lipinski definition) is 11. The van der Waals surface area contributed by atoms with Gasteiger partial charge in [-0.25, -0.2) is 4.18 Å². The van der Waals surface area contributed by atoms with Crippen LogP contribution in [0, 0.1) is 0 Å². The average Bonchev–Trinajstić information content (AvgIpc) is 3.22. The van der Waals surface area contributed by atoms with Gasteiger partial charge in [-0.15, -0.1) is 0 Å². The molecule has 350 valence electrons. The summed E-state index contributed by atoms with van der Waals surface area (Å²) >= 11 is 0. The van der Waals surface area contributed by atoms with Crippen molar-refractivity contribution in [1.29, 1.82) is 0 Å². The molecule has 1 rings (SSSR count). The fraction of sp³-hybridized carbons (Fsp3) is 0.809. The first-order chi connectivity index (χ1) is 29.1. The Labute approximate surface area is 364 Å². The average molecular weight is 873 g/mol. The highest BCUT2D eigenvalue weighted by Gasteiger charge is 2.48. The SMILES string of the molecule is CC/C=C\C/C=C\C/C=C\C/C=C\CCCCC(=O)OC(COCCCCCCCCCCCCCCCCCCCC)COC1OC(CO)C(O)C(OS(=O)(=O)O)C1O. The van der Waals surface area contributed by atoms with Crippen molar-refractivity contribution in [1.82, 2.24) is 0 Å². The van der Waals surface area contributed by atoms with E-state index in [1.807, 2.05) is 0 Å². The number of rotatable bonds is 40. The van der Waals surface area contributed by atoms with Gasteiger partial charge in [0.1, 0.15) is 30.5 Å². The summed E-state index contributed by atoms with van der Waals surface area (Å²) < 4.78 is 59.0. The summed E-state index contributed by atoms with van der Waals surface area (Å²) in [5.41, 5.74) is 0. The van der Waals surface area contributed by atoms with Gasteiger partial charge in [0.25, 0.3) is 0 Å². The Morgan fingerprint density at radius 3 is 1.65 bits per heavy atom. The minimum atomic E-state index is -5.07. The first kappa shape index (κ1) is 56.1. The van der Waals surface area contributed by atoms with E-state index in [1.54, 1.807) is 0 Å². The van der Waals surface area contributed by atoms with Gasteiger partial charge in [0.05, 0.1) is 19.8 Å². The molecule has 0 saturated carbocycles. The Bertz CT molecular complexity index is 1240. The van der Waals surface area contributed by atoms with Crippen molar-refractivity contribution in [3.05, 3.63) is 48.6 Å². The van der Waals surface area contributed by atoms with Gasteiger partial charge in [0.15, 0.2) is 6.29 Å². The topological polar surface area (TPSA) is 178 Å². The normalized spacial score (nSPS) is 20.7. The predicted molar refractivity (Wildman–Crippen MR) is 239 cm³/mol. The van der Waals surface area contributed by atoms with Crippen molar-refractivity contribution in [3.8, 4) is 0 Å². The highest BCUT2D eigenvalue weighted by molar-refractivity contribution is 7.80. The molecular weight excluding hydrogens is 789 g/mol. The van der Waals surface area contributed by atoms with Gasteiger partial charge in [-0.1, -0.05) is 172 Å². The minimum absolute atomic E-state index is 0.0203. The van der Waals surface area contributed by atoms with E-state index in [0.29, 0.717) is 13.0 Å². The van der Waals surface area contributed by atoms with Gasteiger partial charge in [-0.2, -0.15) is 8.42 Å². The minimum Gasteiger partial charge on any atom is -0.457 e. The fourth-order valence-electron chi connectivity index (χ4n) is 6.96. The molecule has 1 fully saturated rings. The molecule has 0 amide bonds. The molecule has 0 aliphatic carbocycles. The maximum Gasteiger partial charge on any atom is 0.397 e. The lowest BCUT2D eigenvalue weighted by atomic mass is 9.99. The summed E-state index contributed by atoms with van der Waals surface area (Å²) in [7, 11) is -5.07. The lowest BCUT2D eigenvalue weighted by Gasteiger charge is -2.41. The number of unbranched alkanes of at least 4 members (excludes halogenated alkanes) is 19. The van der Waals surface area contributed by atoms with E-state index in [9.17, 15) is 28.5 Å². The zero-order valence-corrected chi connectivity index (χ0v) is 38.1. The lowest BCUT2D eigenvalue weighted by Crippen LogP contribution is -2.60. The van der Waals surface area contributed by atoms with Crippen LogP contribution in [0.1, 0.15) is 181 Å². The molecule has 0 radical (unpaired) electrons. The molecule has 1 saturated heterocycles. The van der Waals surface area contributed by atoms with Crippen LogP contribution in [0.25, 0.3) is 0 Å². The number of aliphatic hydroxyl groups is 3. The van der Waals surface area contributed by atoms with Crippen LogP contribution in [-0.2, 0) is 38.3 Å². The smallest absolute Gasteiger partial charge is 0.397 e. The molecule has 60 heavy (non-hydrogen) atoms. The molecule has 0 bridgehead atoms. The van der Waals surface area contributed by atoms with E-state index in [1.165, 1.54) is 96.3 Å². The molecule has 6 atom stereocenters. The Hall–Kier alpha value is -1.94. The Kier molecular flexibility index (Phi) is 36.2. The predicted octanol–water partition coefficient (Wildman–Crippen LogP) is 9.97. The van der Waals surface area contributed by atoms with Crippen molar-refractivity contribution in [2.75, 3.05) is 26.4 Å². The highest BCUT2D eigenvalue weighted by Crippen LogP contribution is 2.26. The number of allylic oxidation sites excluding steroid dienone is 8. The van der Waals surface area contributed by atoms with Crippen molar-refractivity contribution < 1.29 is 56.2 Å². The van der Waals surface area contributed by atoms with Crippen LogP contribution >= 0.6 is 0 Å². The molecule has 0 aromatic carbocycles. The highest BCUT2D eigenvalue weighted by atomic mass is 32.3. The molecule has 0 spiro atoms. The van der Waals surface area contributed by atoms with Gasteiger partial charge in [0, 0.05) is 13.0 Å². The monoisotopic (exact) mass is 873 g/mol. The van der Waals surface area contributed by atoms with Crippen LogP contribution in [0.4, 0.5) is 0 Å². The summed E-state index contributed by atoms with van der Waals surface area (Å²) in [6.45, 7) is 3.83. The third kappa shape index (κ3) is 31.8. The molecule has 1 aliphatic rings. The van der Waals surface area contributed by atoms with Gasteiger partial charge < -0.3 is 34.3 Å². The molecule has 1 aliphatic heterocycles. The van der Waals surface area contributed by atoms with Gasteiger partial charge >= 0.3 is 16.4 Å². The Balaban J connectivity index is 2.43. The second kappa shape index (κ2) is 38.7. The van der Waals surface area contributed by atoms with Crippen LogP contribution in [0.3, 0.4) is 0 Å².